The molecule has 2 rings (SSSR count). The molecule has 0 aliphatic carbocycles. The molecule has 0 radical (unpaired) electrons. The molecule has 2 heterocycles. The second kappa shape index (κ2) is 4.40. The van der Waals surface area contributed by atoms with Gasteiger partial charge in [-0.05, 0) is 52.6 Å². The molecule has 0 bridgehead atoms. The van der Waals surface area contributed by atoms with Gasteiger partial charge in [-0.3, -0.25) is 4.90 Å². The van der Waals surface area contributed by atoms with Gasteiger partial charge < -0.3 is 11.1 Å². The quantitative estimate of drug-likeness (QED) is 0.678. The monoisotopic (exact) mass is 211 g/mol. The molecule has 2 fully saturated rings. The maximum atomic E-state index is 6.06. The van der Waals surface area contributed by atoms with Gasteiger partial charge in [0.1, 0.15) is 0 Å². The molecule has 1 atom stereocenters. The van der Waals surface area contributed by atoms with E-state index in [-0.39, 0.29) is 0 Å². The van der Waals surface area contributed by atoms with Crippen LogP contribution >= 0.6 is 0 Å². The predicted molar refractivity (Wildman–Crippen MR) is 63.9 cm³/mol. The molecule has 0 aromatic carbocycles. The Morgan fingerprint density at radius 2 is 1.87 bits per heavy atom. The Kier molecular flexibility index (Phi) is 3.33. The highest BCUT2D eigenvalue weighted by Gasteiger charge is 2.37. The number of likely N-dealkylation sites (tertiary alicyclic amines) is 1. The second-order valence-corrected chi connectivity index (χ2v) is 5.74. The van der Waals surface area contributed by atoms with Crippen molar-refractivity contribution in [3.05, 3.63) is 0 Å². The minimum absolute atomic E-state index is 0.305. The lowest BCUT2D eigenvalue weighted by atomic mass is 9.84. The first kappa shape index (κ1) is 11.4. The van der Waals surface area contributed by atoms with E-state index in [1.165, 1.54) is 38.9 Å². The third kappa shape index (κ3) is 2.52. The summed E-state index contributed by atoms with van der Waals surface area (Å²) >= 11 is 0. The van der Waals surface area contributed by atoms with Crippen molar-refractivity contribution in [3.63, 3.8) is 0 Å². The number of nitrogens with one attached hydrogen (secondary N) is 1. The van der Waals surface area contributed by atoms with Gasteiger partial charge in [0.05, 0.1) is 0 Å². The van der Waals surface area contributed by atoms with Crippen LogP contribution in [0.4, 0.5) is 0 Å². The number of piperidine rings is 2. The first-order valence-corrected chi connectivity index (χ1v) is 6.33. The lowest BCUT2D eigenvalue weighted by Gasteiger charge is -2.50. The fourth-order valence-electron chi connectivity index (χ4n) is 3.26. The van der Waals surface area contributed by atoms with Crippen LogP contribution in [0, 0.1) is 0 Å². The predicted octanol–water partition coefficient (Wildman–Crippen LogP) is 0.940. The molecule has 0 aromatic rings. The molecule has 2 aliphatic rings. The van der Waals surface area contributed by atoms with Crippen molar-refractivity contribution in [3.8, 4) is 0 Å². The van der Waals surface area contributed by atoms with Gasteiger partial charge in [-0.1, -0.05) is 0 Å². The third-order valence-electron chi connectivity index (χ3n) is 4.03. The van der Waals surface area contributed by atoms with E-state index in [2.05, 4.69) is 24.1 Å². The van der Waals surface area contributed by atoms with Crippen LogP contribution < -0.4 is 11.1 Å². The molecule has 1 unspecified atom stereocenters. The van der Waals surface area contributed by atoms with Crippen molar-refractivity contribution >= 4 is 0 Å². The van der Waals surface area contributed by atoms with E-state index < -0.39 is 0 Å². The molecule has 2 saturated heterocycles. The minimum atomic E-state index is 0.305. The van der Waals surface area contributed by atoms with Crippen molar-refractivity contribution in [2.24, 2.45) is 5.73 Å². The summed E-state index contributed by atoms with van der Waals surface area (Å²) in [7, 11) is 0. The van der Waals surface area contributed by atoms with E-state index >= 15 is 0 Å². The van der Waals surface area contributed by atoms with Crippen molar-refractivity contribution in [2.75, 3.05) is 19.6 Å². The third-order valence-corrected chi connectivity index (χ3v) is 4.03. The molecule has 2 aliphatic heterocycles. The number of hydrogen-bond acceptors (Lipinski definition) is 3. The van der Waals surface area contributed by atoms with Crippen LogP contribution in [0.15, 0.2) is 0 Å². The summed E-state index contributed by atoms with van der Waals surface area (Å²) in [6.07, 6.45) is 4.93. The molecular formula is C12H25N3. The fraction of sp³-hybridized carbons (Fsp3) is 1.00. The average molecular weight is 211 g/mol. The van der Waals surface area contributed by atoms with Crippen molar-refractivity contribution in [1.29, 1.82) is 0 Å². The molecule has 3 nitrogen and oxygen atoms in total. The lowest BCUT2D eigenvalue weighted by Crippen LogP contribution is -2.58. The largest absolute Gasteiger partial charge is 0.328 e. The van der Waals surface area contributed by atoms with E-state index in [0.29, 0.717) is 11.6 Å². The summed E-state index contributed by atoms with van der Waals surface area (Å²) in [5.74, 6) is 0. The van der Waals surface area contributed by atoms with Crippen molar-refractivity contribution in [1.82, 2.24) is 10.2 Å². The van der Waals surface area contributed by atoms with Crippen LogP contribution in [0.1, 0.15) is 39.5 Å². The maximum Gasteiger partial charge on any atom is 0.0170 e. The summed E-state index contributed by atoms with van der Waals surface area (Å²) < 4.78 is 0. The maximum absolute atomic E-state index is 6.06. The van der Waals surface area contributed by atoms with E-state index in [4.69, 9.17) is 5.73 Å². The zero-order valence-corrected chi connectivity index (χ0v) is 10.1. The normalized spacial score (nSPS) is 34.2. The number of nitrogens with zero attached hydrogens (tertiary/aromatic N) is 1. The summed E-state index contributed by atoms with van der Waals surface area (Å²) in [5.41, 5.74) is 6.37. The Bertz CT molecular complexity index is 209. The molecular weight excluding hydrogens is 186 g/mol. The van der Waals surface area contributed by atoms with Gasteiger partial charge in [0.25, 0.3) is 0 Å². The smallest absolute Gasteiger partial charge is 0.0170 e. The van der Waals surface area contributed by atoms with Gasteiger partial charge in [-0.15, -0.1) is 0 Å². The topological polar surface area (TPSA) is 41.3 Å². The molecule has 3 heteroatoms. The van der Waals surface area contributed by atoms with Crippen LogP contribution in [0.3, 0.4) is 0 Å². The van der Waals surface area contributed by atoms with E-state index in [0.717, 1.165) is 12.5 Å². The lowest BCUT2D eigenvalue weighted by molar-refractivity contribution is 0.0136. The Labute approximate surface area is 93.4 Å². The number of rotatable bonds is 1. The standard InChI is InChI=1S/C12H25N3/c1-12(2)9-10(13)5-8-15(12)11-3-6-14-7-4-11/h10-11,14H,3-9,13H2,1-2H3. The van der Waals surface area contributed by atoms with Crippen LogP contribution in [0.5, 0.6) is 0 Å². The minimum Gasteiger partial charge on any atom is -0.328 e. The second-order valence-electron chi connectivity index (χ2n) is 5.74. The highest BCUT2D eigenvalue weighted by molar-refractivity contribution is 4.95. The van der Waals surface area contributed by atoms with Gasteiger partial charge in [-0.25, -0.2) is 0 Å². The Balaban J connectivity index is 2.00. The van der Waals surface area contributed by atoms with Crippen LogP contribution in [0.2, 0.25) is 0 Å². The van der Waals surface area contributed by atoms with Crippen LogP contribution in [0.25, 0.3) is 0 Å². The molecule has 3 N–H and O–H groups in total. The molecule has 15 heavy (non-hydrogen) atoms. The zero-order chi connectivity index (χ0) is 10.9. The highest BCUT2D eigenvalue weighted by atomic mass is 15.2. The Morgan fingerprint density at radius 3 is 2.47 bits per heavy atom. The molecule has 88 valence electrons. The SMILES string of the molecule is CC1(C)CC(N)CCN1C1CCNCC1. The molecule has 0 spiro atoms. The first-order chi connectivity index (χ1) is 7.09. The van der Waals surface area contributed by atoms with Gasteiger partial charge in [-0.2, -0.15) is 0 Å². The van der Waals surface area contributed by atoms with E-state index in [1.54, 1.807) is 0 Å². The Hall–Kier alpha value is -0.120. The van der Waals surface area contributed by atoms with Crippen molar-refractivity contribution in [2.45, 2.75) is 57.2 Å². The summed E-state index contributed by atoms with van der Waals surface area (Å²) in [4.78, 5) is 2.71. The summed E-state index contributed by atoms with van der Waals surface area (Å²) in [5, 5.41) is 3.44. The highest BCUT2D eigenvalue weighted by Crippen LogP contribution is 2.31. The Morgan fingerprint density at radius 1 is 1.20 bits per heavy atom. The summed E-state index contributed by atoms with van der Waals surface area (Å²) in [6.45, 7) is 8.27. The first-order valence-electron chi connectivity index (χ1n) is 6.33. The molecule has 0 amide bonds. The van der Waals surface area contributed by atoms with Gasteiger partial charge in [0, 0.05) is 24.2 Å². The van der Waals surface area contributed by atoms with Gasteiger partial charge in [0.15, 0.2) is 0 Å². The van der Waals surface area contributed by atoms with Crippen molar-refractivity contribution < 1.29 is 0 Å². The van der Waals surface area contributed by atoms with E-state index in [9.17, 15) is 0 Å². The summed E-state index contributed by atoms with van der Waals surface area (Å²) in [6, 6.07) is 1.20. The van der Waals surface area contributed by atoms with Gasteiger partial charge in [0.2, 0.25) is 0 Å². The average Bonchev–Trinajstić information content (AvgIpc) is 2.17. The molecule has 0 aromatic heterocycles. The van der Waals surface area contributed by atoms with Crippen LogP contribution in [-0.4, -0.2) is 42.2 Å². The zero-order valence-electron chi connectivity index (χ0n) is 10.1. The molecule has 0 saturated carbocycles. The number of nitrogens with two attached hydrogens (primary N) is 1. The van der Waals surface area contributed by atoms with Crippen LogP contribution in [-0.2, 0) is 0 Å². The fourth-order valence-corrected chi connectivity index (χ4v) is 3.26. The van der Waals surface area contributed by atoms with Gasteiger partial charge >= 0.3 is 0 Å². The van der Waals surface area contributed by atoms with E-state index in [1.807, 2.05) is 0 Å². The number of hydrogen-bond donors (Lipinski definition) is 2.